The Morgan fingerprint density at radius 3 is 1.52 bits per heavy atom. The molecule has 2 heterocycles. The highest BCUT2D eigenvalue weighted by atomic mass is 32.1. The van der Waals surface area contributed by atoms with Crippen LogP contribution in [-0.4, -0.2) is 4.57 Å². The van der Waals surface area contributed by atoms with Crippen molar-refractivity contribution in [3.8, 4) is 5.69 Å². The van der Waals surface area contributed by atoms with Crippen LogP contribution in [0.15, 0.2) is 158 Å². The van der Waals surface area contributed by atoms with Crippen molar-refractivity contribution in [2.45, 2.75) is 41.5 Å². The van der Waals surface area contributed by atoms with Gasteiger partial charge in [-0.15, -0.1) is 11.3 Å². The van der Waals surface area contributed by atoms with E-state index in [1.54, 1.807) is 0 Å². The summed E-state index contributed by atoms with van der Waals surface area (Å²) in [5, 5.41) is 7.96. The van der Waals surface area contributed by atoms with Gasteiger partial charge in [0.05, 0.1) is 15.7 Å². The lowest BCUT2D eigenvalue weighted by Crippen LogP contribution is -1.94. The summed E-state index contributed by atoms with van der Waals surface area (Å²) in [7, 11) is 0. The van der Waals surface area contributed by atoms with Crippen LogP contribution in [0.2, 0.25) is 0 Å². The summed E-state index contributed by atoms with van der Waals surface area (Å²) in [6.07, 6.45) is 0. The maximum atomic E-state index is 4.11. The van der Waals surface area contributed by atoms with E-state index in [0.29, 0.717) is 0 Å². The number of hydrogen-bond acceptors (Lipinski definition) is 1. The molecule has 0 aliphatic carbocycles. The van der Waals surface area contributed by atoms with Gasteiger partial charge in [-0.2, -0.15) is 0 Å². The summed E-state index contributed by atoms with van der Waals surface area (Å²) < 4.78 is 5.17. The molecule has 0 bridgehead atoms. The molecular formula is C48H45NS. The maximum Gasteiger partial charge on any atom is 0.0734 e. The number of para-hydroxylation sites is 1. The Balaban J connectivity index is 0.000000210. The van der Waals surface area contributed by atoms with Crippen molar-refractivity contribution in [2.24, 2.45) is 0 Å². The van der Waals surface area contributed by atoms with Crippen LogP contribution in [0, 0.1) is 20.8 Å². The molecule has 50 heavy (non-hydrogen) atoms. The minimum absolute atomic E-state index is 1.09. The molecule has 0 amide bonds. The van der Waals surface area contributed by atoms with Crippen LogP contribution in [-0.2, 0) is 0 Å². The van der Waals surface area contributed by atoms with Crippen molar-refractivity contribution in [3.05, 3.63) is 180 Å². The van der Waals surface area contributed by atoms with Gasteiger partial charge in [0, 0.05) is 26.5 Å². The molecule has 9 rings (SSSR count). The number of thiophene rings is 1. The molecule has 1 nitrogen and oxygen atoms in total. The van der Waals surface area contributed by atoms with E-state index >= 15 is 0 Å². The second-order valence-corrected chi connectivity index (χ2v) is 13.5. The fourth-order valence-corrected chi connectivity index (χ4v) is 7.82. The predicted octanol–water partition coefficient (Wildman–Crippen LogP) is 14.7. The fourth-order valence-electron chi connectivity index (χ4n) is 6.45. The van der Waals surface area contributed by atoms with Crippen molar-refractivity contribution >= 4 is 69.7 Å². The van der Waals surface area contributed by atoms with Crippen molar-refractivity contribution < 1.29 is 0 Å². The maximum absolute atomic E-state index is 4.11. The van der Waals surface area contributed by atoms with Crippen LogP contribution in [0.1, 0.15) is 43.0 Å². The van der Waals surface area contributed by atoms with E-state index < -0.39 is 0 Å². The third-order valence-corrected chi connectivity index (χ3v) is 10.4. The second kappa shape index (κ2) is 15.4. The Kier molecular flexibility index (Phi) is 10.6. The Hall–Kier alpha value is -5.44. The first-order chi connectivity index (χ1) is 24.4. The molecule has 0 aliphatic rings. The number of allylic oxidation sites excluding steroid dienone is 1. The monoisotopic (exact) mass is 667 g/mol. The van der Waals surface area contributed by atoms with Crippen molar-refractivity contribution in [2.75, 3.05) is 0 Å². The molecule has 0 aliphatic heterocycles. The Morgan fingerprint density at radius 1 is 0.500 bits per heavy atom. The molecular weight excluding hydrogens is 623 g/mol. The third kappa shape index (κ3) is 6.72. The number of aromatic nitrogens is 1. The molecule has 2 aromatic heterocycles. The van der Waals surface area contributed by atoms with Crippen molar-refractivity contribution in [1.29, 1.82) is 0 Å². The number of aryl methyl sites for hydroxylation is 3. The topological polar surface area (TPSA) is 4.93 Å². The van der Waals surface area contributed by atoms with Gasteiger partial charge in [0.2, 0.25) is 0 Å². The quantitative estimate of drug-likeness (QED) is 0.162. The van der Waals surface area contributed by atoms with Crippen LogP contribution < -0.4 is 0 Å². The highest BCUT2D eigenvalue weighted by Crippen LogP contribution is 2.48. The Morgan fingerprint density at radius 2 is 0.980 bits per heavy atom. The minimum atomic E-state index is 1.09. The summed E-state index contributed by atoms with van der Waals surface area (Å²) in [6, 6.07) is 53.9. The average molecular weight is 668 g/mol. The van der Waals surface area contributed by atoms with Gasteiger partial charge < -0.3 is 4.57 Å². The van der Waals surface area contributed by atoms with Gasteiger partial charge in [-0.1, -0.05) is 165 Å². The van der Waals surface area contributed by atoms with E-state index in [9.17, 15) is 0 Å². The lowest BCUT2D eigenvalue weighted by molar-refractivity contribution is 1.19. The summed E-state index contributed by atoms with van der Waals surface area (Å²) in [5.41, 5.74) is 10.1. The van der Waals surface area contributed by atoms with Gasteiger partial charge >= 0.3 is 0 Å². The summed E-state index contributed by atoms with van der Waals surface area (Å²) in [5.74, 6) is 0. The van der Waals surface area contributed by atoms with Crippen LogP contribution >= 0.6 is 11.3 Å². The standard InChI is InChI=1S/C31H21NS.C8H10.C7H8.C2H6/c1-19(2)20-15-17-21(18-16-20)32-27-14-8-7-13-26(27)31-29(32)28-24-11-5-3-9-22(24)23-10-4-6-12-25(23)30(28)33-31;1-7-5-3-4-6-8(7)2;1-7-5-3-2-4-6-7;1-2/h3-18H,1H2,2H3;3-6H,1-2H3;2-6H,1H3;1-2H3. The van der Waals surface area contributed by atoms with Gasteiger partial charge in [0.25, 0.3) is 0 Å². The minimum Gasteiger partial charge on any atom is -0.308 e. The average Bonchev–Trinajstić information content (AvgIpc) is 3.70. The number of hydrogen-bond donors (Lipinski definition) is 0. The zero-order valence-electron chi connectivity index (χ0n) is 30.0. The van der Waals surface area contributed by atoms with E-state index in [0.717, 1.165) is 5.57 Å². The molecule has 0 N–H and O–H groups in total. The smallest absolute Gasteiger partial charge is 0.0734 e. The largest absolute Gasteiger partial charge is 0.308 e. The fraction of sp³-hybridized carbons (Fsp3) is 0.125. The Bertz CT molecular complexity index is 2530. The Labute approximate surface area is 300 Å². The van der Waals surface area contributed by atoms with Gasteiger partial charge in [-0.25, -0.2) is 0 Å². The van der Waals surface area contributed by atoms with E-state index in [-0.39, 0.29) is 0 Å². The molecule has 0 unspecified atom stereocenters. The van der Waals surface area contributed by atoms with E-state index in [2.05, 4.69) is 172 Å². The SMILES string of the molecule is C=C(C)c1ccc(-n2c3ccccc3c3sc4c5ccccc5c5ccccc5c4c32)cc1.CC.Cc1ccccc1.Cc1ccccc1C. The number of benzene rings is 7. The van der Waals surface area contributed by atoms with Gasteiger partial charge in [0.15, 0.2) is 0 Å². The van der Waals surface area contributed by atoms with Crippen molar-refractivity contribution in [1.82, 2.24) is 4.57 Å². The van der Waals surface area contributed by atoms with E-state index in [1.165, 1.54) is 80.7 Å². The zero-order chi connectivity index (χ0) is 35.2. The van der Waals surface area contributed by atoms with E-state index in [1.807, 2.05) is 43.4 Å². The molecule has 0 fully saturated rings. The molecule has 0 spiro atoms. The summed E-state index contributed by atoms with van der Waals surface area (Å²) in [4.78, 5) is 0. The highest BCUT2D eigenvalue weighted by Gasteiger charge is 2.21. The summed E-state index contributed by atoms with van der Waals surface area (Å²) in [6.45, 7) is 16.5. The third-order valence-electron chi connectivity index (χ3n) is 9.14. The first-order valence-corrected chi connectivity index (χ1v) is 18.3. The highest BCUT2D eigenvalue weighted by molar-refractivity contribution is 7.27. The van der Waals surface area contributed by atoms with Gasteiger partial charge in [-0.05, 0) is 78.7 Å². The summed E-state index contributed by atoms with van der Waals surface area (Å²) >= 11 is 1.92. The molecule has 0 saturated carbocycles. The van der Waals surface area contributed by atoms with Crippen molar-refractivity contribution in [3.63, 3.8) is 0 Å². The lowest BCUT2D eigenvalue weighted by Gasteiger charge is -2.11. The van der Waals surface area contributed by atoms with Crippen LogP contribution in [0.4, 0.5) is 0 Å². The molecule has 7 aromatic carbocycles. The number of nitrogens with zero attached hydrogens (tertiary/aromatic N) is 1. The second-order valence-electron chi connectivity index (χ2n) is 12.5. The van der Waals surface area contributed by atoms with Gasteiger partial charge in [-0.3, -0.25) is 0 Å². The number of rotatable bonds is 2. The molecule has 2 heteroatoms. The first-order valence-electron chi connectivity index (χ1n) is 17.5. The lowest BCUT2D eigenvalue weighted by atomic mass is 9.98. The first kappa shape index (κ1) is 34.4. The van der Waals surface area contributed by atoms with Crippen LogP contribution in [0.5, 0.6) is 0 Å². The van der Waals surface area contributed by atoms with Gasteiger partial charge in [0.1, 0.15) is 0 Å². The molecule has 9 aromatic rings. The molecule has 0 atom stereocenters. The molecule has 0 saturated heterocycles. The molecule has 0 radical (unpaired) electrons. The van der Waals surface area contributed by atoms with E-state index in [4.69, 9.17) is 0 Å². The van der Waals surface area contributed by atoms with Crippen LogP contribution in [0.3, 0.4) is 0 Å². The molecule has 248 valence electrons. The number of fused-ring (bicyclic) bond motifs is 10. The normalized spacial score (nSPS) is 10.7. The zero-order valence-corrected chi connectivity index (χ0v) is 30.8. The predicted molar refractivity (Wildman–Crippen MR) is 224 cm³/mol. The van der Waals surface area contributed by atoms with Crippen LogP contribution in [0.25, 0.3) is 64.0 Å².